The standard InChI is InChI=1S/C42H52F4N8O6S/c1-26-19-28(5-7-33(26)48-38-47-22-31(42(44,45)46)36(50-38)54-14-4-9-39(3,57)23-54)61(58,59)51-40-10-12-41(13-11-40,60-25-40)24-52-15-17-53(18-16-52)34-21-32(43)30(20-27(34)2)29-6-8-35(55)49-37(29)56/h5,7,19-22,29,51,57H,4,6,8-18,23-25H2,1-3H3,(H,47,48,50)(H,49,55,56)/t29?,39-,40?,41?/m0/s1. The Balaban J connectivity index is 0.863. The predicted octanol–water partition coefficient (Wildman–Crippen LogP) is 5.05. The molecule has 6 heterocycles. The first-order chi connectivity index (χ1) is 28.7. The molecular weight excluding hydrogens is 821 g/mol. The van der Waals surface area contributed by atoms with Crippen molar-refractivity contribution in [3.05, 3.63) is 64.6 Å². The number of piperazine rings is 1. The Morgan fingerprint density at radius 1 is 0.984 bits per heavy atom. The van der Waals surface area contributed by atoms with Gasteiger partial charge in [0.1, 0.15) is 17.2 Å². The first kappa shape index (κ1) is 43.2. The number of piperidine rings is 2. The number of hydrogen-bond acceptors (Lipinski definition) is 12. The van der Waals surface area contributed by atoms with Gasteiger partial charge in [0.05, 0.1) is 34.2 Å². The number of sulfonamides is 1. The molecule has 1 unspecified atom stereocenters. The van der Waals surface area contributed by atoms with Gasteiger partial charge in [-0.3, -0.25) is 19.8 Å². The number of aryl methyl sites for hydroxylation is 2. The number of halogens is 4. The number of imide groups is 1. The van der Waals surface area contributed by atoms with Crippen LogP contribution in [0.2, 0.25) is 0 Å². The molecule has 19 heteroatoms. The van der Waals surface area contributed by atoms with Crippen LogP contribution in [0.5, 0.6) is 0 Å². The molecule has 6 fully saturated rings. The highest BCUT2D eigenvalue weighted by atomic mass is 32.2. The van der Waals surface area contributed by atoms with Crippen molar-refractivity contribution in [3.63, 3.8) is 0 Å². The van der Waals surface area contributed by atoms with Crippen LogP contribution in [0.4, 0.5) is 40.7 Å². The molecule has 1 saturated carbocycles. The summed E-state index contributed by atoms with van der Waals surface area (Å²) >= 11 is 0. The zero-order valence-corrected chi connectivity index (χ0v) is 35.3. The van der Waals surface area contributed by atoms with E-state index in [9.17, 15) is 36.3 Å². The third-order valence-corrected chi connectivity index (χ3v) is 14.7. The Bertz CT molecular complexity index is 2300. The highest BCUT2D eigenvalue weighted by Crippen LogP contribution is 2.45. The average molecular weight is 873 g/mol. The maximum Gasteiger partial charge on any atom is 0.421 e. The van der Waals surface area contributed by atoms with Gasteiger partial charge in [0, 0.05) is 75.4 Å². The van der Waals surface area contributed by atoms with Crippen molar-refractivity contribution >= 4 is 45.0 Å². The fraction of sp³-hybridized carbons (Fsp3) is 0.571. The van der Waals surface area contributed by atoms with Crippen molar-refractivity contribution in [2.45, 2.75) is 106 Å². The van der Waals surface area contributed by atoms with Gasteiger partial charge in [-0.05, 0) is 101 Å². The summed E-state index contributed by atoms with van der Waals surface area (Å²) < 4.78 is 94.3. The fourth-order valence-electron chi connectivity index (χ4n) is 9.63. The first-order valence-corrected chi connectivity index (χ1v) is 22.3. The highest BCUT2D eigenvalue weighted by molar-refractivity contribution is 7.89. The molecule has 0 radical (unpaired) electrons. The molecule has 2 bridgehead atoms. The summed E-state index contributed by atoms with van der Waals surface area (Å²) in [5, 5.41) is 15.8. The minimum absolute atomic E-state index is 0.0190. The van der Waals surface area contributed by atoms with E-state index in [2.05, 4.69) is 35.1 Å². The predicted molar refractivity (Wildman–Crippen MR) is 219 cm³/mol. The van der Waals surface area contributed by atoms with Crippen LogP contribution >= 0.6 is 0 Å². The zero-order valence-electron chi connectivity index (χ0n) is 34.5. The topological polar surface area (TPSA) is 169 Å². The molecule has 3 aromatic rings. The van der Waals surface area contributed by atoms with E-state index in [1.807, 2.05) is 6.92 Å². The van der Waals surface area contributed by atoms with Crippen LogP contribution in [0.1, 0.15) is 86.5 Å². The van der Waals surface area contributed by atoms with E-state index in [1.54, 1.807) is 19.9 Å². The molecule has 1 aliphatic carbocycles. The van der Waals surface area contributed by atoms with Gasteiger partial charge in [-0.2, -0.15) is 18.2 Å². The molecule has 2 atom stereocenters. The number of fused-ring (bicyclic) bond motifs is 3. The number of ether oxygens (including phenoxy) is 1. The number of benzene rings is 2. The summed E-state index contributed by atoms with van der Waals surface area (Å²) in [4.78, 5) is 38.1. The third-order valence-electron chi connectivity index (χ3n) is 13.1. The van der Waals surface area contributed by atoms with Gasteiger partial charge in [-0.1, -0.05) is 6.07 Å². The van der Waals surface area contributed by atoms with Crippen molar-refractivity contribution < 1.29 is 45.4 Å². The van der Waals surface area contributed by atoms with Crippen molar-refractivity contribution in [3.8, 4) is 0 Å². The van der Waals surface area contributed by atoms with Crippen molar-refractivity contribution in [1.29, 1.82) is 0 Å². The van der Waals surface area contributed by atoms with Crippen LogP contribution in [-0.4, -0.2) is 109 Å². The maximum absolute atomic E-state index is 15.4. The quantitative estimate of drug-likeness (QED) is 0.158. The summed E-state index contributed by atoms with van der Waals surface area (Å²) in [5.41, 5.74) is -0.464. The average Bonchev–Trinajstić information content (AvgIpc) is 3.19. The van der Waals surface area contributed by atoms with Gasteiger partial charge in [0.2, 0.25) is 27.8 Å². The summed E-state index contributed by atoms with van der Waals surface area (Å²) in [7, 11) is -3.99. The monoisotopic (exact) mass is 872 g/mol. The number of aliphatic hydroxyl groups is 1. The molecule has 9 rings (SSSR count). The molecule has 5 saturated heterocycles. The number of alkyl halides is 3. The fourth-order valence-corrected chi connectivity index (χ4v) is 11.2. The lowest BCUT2D eigenvalue weighted by Gasteiger charge is -2.54. The number of nitrogens with zero attached hydrogens (tertiary/aromatic N) is 5. The molecule has 2 amide bonds. The summed E-state index contributed by atoms with van der Waals surface area (Å²) in [5.74, 6) is -2.38. The summed E-state index contributed by atoms with van der Waals surface area (Å²) in [6.45, 7) is 9.18. The van der Waals surface area contributed by atoms with Crippen LogP contribution in [-0.2, 0) is 30.5 Å². The normalized spacial score (nSPS) is 27.6. The second-order valence-electron chi connectivity index (χ2n) is 17.8. The second kappa shape index (κ2) is 16.0. The molecule has 2 aromatic carbocycles. The van der Waals surface area contributed by atoms with Crippen LogP contribution in [0, 0.1) is 19.7 Å². The number of rotatable bonds is 10. The first-order valence-electron chi connectivity index (χ1n) is 20.8. The molecule has 4 N–H and O–H groups in total. The van der Waals surface area contributed by atoms with Gasteiger partial charge in [0.25, 0.3) is 0 Å². The van der Waals surface area contributed by atoms with E-state index < -0.39 is 56.1 Å². The number of β-amino-alcohol motifs (C(OH)–C–C–N with tert-alkyl or cyclic N) is 1. The van der Waals surface area contributed by atoms with E-state index in [0.29, 0.717) is 75.0 Å². The number of carbonyl (C=O) groups excluding carboxylic acids is 2. The Morgan fingerprint density at radius 2 is 1.72 bits per heavy atom. The third kappa shape index (κ3) is 9.07. The summed E-state index contributed by atoms with van der Waals surface area (Å²) in [6, 6.07) is 7.68. The van der Waals surface area contributed by atoms with Gasteiger partial charge >= 0.3 is 6.18 Å². The number of nitrogens with one attached hydrogen (secondary N) is 3. The maximum atomic E-state index is 15.4. The Hall–Kier alpha value is -4.43. The minimum atomic E-state index is -4.71. The highest BCUT2D eigenvalue weighted by Gasteiger charge is 2.52. The van der Waals surface area contributed by atoms with Crippen molar-refractivity contribution in [1.82, 2.24) is 24.9 Å². The Kier molecular flexibility index (Phi) is 11.4. The number of hydrogen-bond donors (Lipinski definition) is 4. The largest absolute Gasteiger partial charge is 0.421 e. The lowest BCUT2D eigenvalue weighted by molar-refractivity contribution is -0.166. The molecule has 0 spiro atoms. The number of anilines is 4. The van der Waals surface area contributed by atoms with E-state index in [4.69, 9.17) is 4.74 Å². The lowest BCUT2D eigenvalue weighted by atomic mass is 9.71. The molecule has 1 aromatic heterocycles. The van der Waals surface area contributed by atoms with Crippen molar-refractivity contribution in [2.75, 3.05) is 67.5 Å². The van der Waals surface area contributed by atoms with Crippen LogP contribution in [0.3, 0.4) is 0 Å². The van der Waals surface area contributed by atoms with Crippen molar-refractivity contribution in [2.24, 2.45) is 0 Å². The molecule has 61 heavy (non-hydrogen) atoms. The van der Waals surface area contributed by atoms with E-state index in [-0.39, 0.29) is 55.1 Å². The number of aromatic nitrogens is 2. The van der Waals surface area contributed by atoms with Gasteiger partial charge in [-0.25, -0.2) is 22.5 Å². The molecule has 330 valence electrons. The van der Waals surface area contributed by atoms with Crippen LogP contribution < -0.4 is 25.2 Å². The molecular formula is C42H52F4N8O6S. The van der Waals surface area contributed by atoms with E-state index in [0.717, 1.165) is 30.5 Å². The van der Waals surface area contributed by atoms with E-state index in [1.165, 1.54) is 29.2 Å². The SMILES string of the molecule is Cc1cc(S(=O)(=O)NC23CCC(CN4CCN(c5cc(F)c(C6CCC(=O)NC6=O)cc5C)CC4)(CC2)OC3)ccc1Nc1ncc(C(F)(F)F)c(N2CCC[C@](C)(O)C2)n1. The van der Waals surface area contributed by atoms with Crippen LogP contribution in [0.25, 0.3) is 0 Å². The Morgan fingerprint density at radius 3 is 2.36 bits per heavy atom. The van der Waals surface area contributed by atoms with Gasteiger partial charge in [-0.15, -0.1) is 0 Å². The van der Waals surface area contributed by atoms with E-state index >= 15 is 4.39 Å². The van der Waals surface area contributed by atoms with Crippen LogP contribution in [0.15, 0.2) is 41.4 Å². The molecule has 14 nitrogen and oxygen atoms in total. The molecule has 5 aliphatic heterocycles. The smallest absolute Gasteiger partial charge is 0.388 e. The lowest BCUT2D eigenvalue weighted by Crippen LogP contribution is -2.65. The number of amides is 2. The number of carbonyl (C=O) groups is 2. The minimum Gasteiger partial charge on any atom is -0.388 e. The summed E-state index contributed by atoms with van der Waals surface area (Å²) in [6.07, 6.45) is -0.0293. The zero-order chi connectivity index (χ0) is 43.5. The van der Waals surface area contributed by atoms with Gasteiger partial charge < -0.3 is 25.0 Å². The molecule has 6 aliphatic rings. The van der Waals surface area contributed by atoms with Gasteiger partial charge in [0.15, 0.2) is 0 Å². The Labute approximate surface area is 352 Å². The second-order valence-corrected chi connectivity index (χ2v) is 19.5.